The van der Waals surface area contributed by atoms with Crippen molar-refractivity contribution >= 4 is 30.4 Å². The average Bonchev–Trinajstić information content (AvgIpc) is 2.03. The fourth-order valence-electron chi connectivity index (χ4n) is 0.681. The van der Waals surface area contributed by atoms with Crippen molar-refractivity contribution in [1.29, 1.82) is 0 Å². The van der Waals surface area contributed by atoms with Crippen LogP contribution in [0.25, 0.3) is 0 Å². The summed E-state index contributed by atoms with van der Waals surface area (Å²) in [6, 6.07) is 7.24. The van der Waals surface area contributed by atoms with Gasteiger partial charge in [-0.25, -0.2) is 0 Å². The van der Waals surface area contributed by atoms with Gasteiger partial charge in [0, 0.05) is 9.79 Å². The first-order valence-corrected chi connectivity index (χ1v) is 4.69. The molecule has 2 nitrogen and oxygen atoms in total. The van der Waals surface area contributed by atoms with Crippen molar-refractivity contribution in [1.82, 2.24) is 0 Å². The van der Waals surface area contributed by atoms with Gasteiger partial charge in [-0.05, 0) is 24.3 Å². The highest BCUT2D eigenvalue weighted by Gasteiger charge is 1.98. The smallest absolute Gasteiger partial charge is 0.313 e. The second kappa shape index (κ2) is 4.33. The molecule has 1 aromatic rings. The second-order valence-corrected chi connectivity index (χ2v) is 3.67. The first kappa shape index (κ1) is 9.35. The Hall–Kier alpha value is -0.740. The van der Waals surface area contributed by atoms with Crippen LogP contribution in [0.2, 0.25) is 0 Å². The van der Waals surface area contributed by atoms with Gasteiger partial charge in [-0.15, -0.1) is 11.8 Å². The monoisotopic (exact) mass is 199 g/mol. The number of thioether (sulfide) groups is 1. The summed E-state index contributed by atoms with van der Waals surface area (Å²) in [6.07, 6.45) is 0. The molecule has 0 aliphatic rings. The molecule has 12 heavy (non-hydrogen) atoms. The van der Waals surface area contributed by atoms with Crippen LogP contribution in [0.3, 0.4) is 0 Å². The molecule has 0 aromatic heterocycles. The summed E-state index contributed by atoms with van der Waals surface area (Å²) in [5.74, 6) is -0.709. The molecule has 0 unspecified atom stereocenters. The van der Waals surface area contributed by atoms with Crippen molar-refractivity contribution in [2.24, 2.45) is 0 Å². The van der Waals surface area contributed by atoms with Crippen molar-refractivity contribution in [2.75, 3.05) is 5.75 Å². The molecule has 0 atom stereocenters. The van der Waals surface area contributed by atoms with Crippen LogP contribution in [0.1, 0.15) is 0 Å². The lowest BCUT2D eigenvalue weighted by molar-refractivity contribution is -0.133. The summed E-state index contributed by atoms with van der Waals surface area (Å²) in [5.41, 5.74) is 0. The quantitative estimate of drug-likeness (QED) is 0.760. The Morgan fingerprint density at radius 2 is 2.00 bits per heavy atom. The molecular weight excluding hydrogens is 192 g/mol. The molecule has 63 valence electrons. The highest BCUT2D eigenvalue weighted by Crippen LogP contribution is 2.18. The Balaban J connectivity index is 2.53. The maximum Gasteiger partial charge on any atom is 0.313 e. The molecule has 0 amide bonds. The number of carboxylic acids is 1. The van der Waals surface area contributed by atoms with Gasteiger partial charge >= 0.3 is 5.97 Å². The Morgan fingerprint density at radius 1 is 1.42 bits per heavy atom. The lowest BCUT2D eigenvalue weighted by atomic mass is 10.4. The lowest BCUT2D eigenvalue weighted by Gasteiger charge is -1.97. The molecule has 0 heterocycles. The summed E-state index contributed by atoms with van der Waals surface area (Å²) in [6.45, 7) is 0. The van der Waals surface area contributed by atoms with Gasteiger partial charge in [-0.3, -0.25) is 4.79 Å². The number of benzene rings is 1. The largest absolute Gasteiger partial charge is 0.481 e. The first-order chi connectivity index (χ1) is 5.68. The van der Waals surface area contributed by atoms with Gasteiger partial charge in [0.1, 0.15) is 0 Å². The van der Waals surface area contributed by atoms with E-state index < -0.39 is 5.97 Å². The summed E-state index contributed by atoms with van der Waals surface area (Å²) in [4.78, 5) is 11.9. The highest BCUT2D eigenvalue weighted by atomic mass is 32.2. The maximum atomic E-state index is 10.2. The standard InChI is InChI=1S/C8H7O2S2/c9-8(10)5-12-7-3-1-6(11)2-4-7/h1-4H,5H2,(H,9,10). The molecular formula is C8H7O2S2. The van der Waals surface area contributed by atoms with Crippen LogP contribution in [0.15, 0.2) is 34.1 Å². The zero-order chi connectivity index (χ0) is 8.97. The minimum Gasteiger partial charge on any atom is -0.481 e. The number of hydrogen-bond donors (Lipinski definition) is 1. The van der Waals surface area contributed by atoms with Gasteiger partial charge in [-0.1, -0.05) is 12.6 Å². The Bertz CT molecular complexity index is 269. The third kappa shape index (κ3) is 3.11. The molecule has 4 heteroatoms. The number of hydrogen-bond acceptors (Lipinski definition) is 2. The van der Waals surface area contributed by atoms with Crippen LogP contribution in [-0.2, 0) is 4.79 Å². The molecule has 0 aliphatic carbocycles. The fourth-order valence-corrected chi connectivity index (χ4v) is 1.44. The SMILES string of the molecule is O=C(O)CSc1ccc([S])cc1. The van der Waals surface area contributed by atoms with Crippen molar-refractivity contribution < 1.29 is 9.90 Å². The van der Waals surface area contributed by atoms with Gasteiger partial charge in [0.05, 0.1) is 5.75 Å². The minimum atomic E-state index is -0.803. The summed E-state index contributed by atoms with van der Waals surface area (Å²) < 4.78 is 0. The summed E-state index contributed by atoms with van der Waals surface area (Å²) in [7, 11) is 0. The summed E-state index contributed by atoms with van der Waals surface area (Å²) >= 11 is 6.17. The van der Waals surface area contributed by atoms with Gasteiger partial charge in [0.2, 0.25) is 0 Å². The third-order valence-corrected chi connectivity index (χ3v) is 2.45. The maximum absolute atomic E-state index is 10.2. The van der Waals surface area contributed by atoms with Gasteiger partial charge < -0.3 is 5.11 Å². The van der Waals surface area contributed by atoms with Crippen LogP contribution in [0.4, 0.5) is 0 Å². The minimum absolute atomic E-state index is 0.0940. The zero-order valence-electron chi connectivity index (χ0n) is 6.19. The van der Waals surface area contributed by atoms with E-state index in [-0.39, 0.29) is 5.75 Å². The van der Waals surface area contributed by atoms with E-state index in [1.807, 2.05) is 12.1 Å². The number of rotatable bonds is 3. The second-order valence-electron chi connectivity index (χ2n) is 2.15. The predicted molar refractivity (Wildman–Crippen MR) is 50.7 cm³/mol. The van der Waals surface area contributed by atoms with Gasteiger partial charge in [-0.2, -0.15) is 0 Å². The normalized spacial score (nSPS) is 9.67. The molecule has 1 radical (unpaired) electrons. The van der Waals surface area contributed by atoms with E-state index in [0.717, 1.165) is 9.79 Å². The molecule has 0 bridgehead atoms. The van der Waals surface area contributed by atoms with Crippen LogP contribution >= 0.6 is 24.4 Å². The predicted octanol–water partition coefficient (Wildman–Crippen LogP) is 2.42. The van der Waals surface area contributed by atoms with Gasteiger partial charge in [0.25, 0.3) is 0 Å². The van der Waals surface area contributed by atoms with Crippen molar-refractivity contribution in [3.63, 3.8) is 0 Å². The fraction of sp³-hybridized carbons (Fsp3) is 0.125. The van der Waals surface area contributed by atoms with Crippen LogP contribution in [0, 0.1) is 0 Å². The lowest BCUT2D eigenvalue weighted by Crippen LogP contribution is -1.96. The number of aliphatic carboxylic acids is 1. The summed E-state index contributed by atoms with van der Waals surface area (Å²) in [5, 5.41) is 8.39. The first-order valence-electron chi connectivity index (χ1n) is 3.30. The van der Waals surface area contributed by atoms with E-state index in [0.29, 0.717) is 0 Å². The topological polar surface area (TPSA) is 37.3 Å². The number of carbonyl (C=O) groups is 1. The molecule has 0 spiro atoms. The van der Waals surface area contributed by atoms with E-state index >= 15 is 0 Å². The molecule has 0 saturated heterocycles. The Kier molecular flexibility index (Phi) is 3.37. The van der Waals surface area contributed by atoms with E-state index in [1.165, 1.54) is 11.8 Å². The average molecular weight is 199 g/mol. The van der Waals surface area contributed by atoms with E-state index in [1.54, 1.807) is 12.1 Å². The van der Waals surface area contributed by atoms with Crippen LogP contribution < -0.4 is 0 Å². The molecule has 0 fully saturated rings. The Labute approximate surface area is 80.4 Å². The Morgan fingerprint density at radius 3 is 2.50 bits per heavy atom. The molecule has 0 saturated carbocycles. The third-order valence-electron chi connectivity index (χ3n) is 1.19. The number of carboxylic acid groups (broad SMARTS) is 1. The van der Waals surface area contributed by atoms with Crippen LogP contribution in [0.5, 0.6) is 0 Å². The van der Waals surface area contributed by atoms with E-state index in [9.17, 15) is 4.79 Å². The van der Waals surface area contributed by atoms with Crippen LogP contribution in [-0.4, -0.2) is 16.8 Å². The molecule has 0 aliphatic heterocycles. The molecule has 1 N–H and O–H groups in total. The van der Waals surface area contributed by atoms with Crippen molar-refractivity contribution in [3.05, 3.63) is 24.3 Å². The molecule has 1 rings (SSSR count). The van der Waals surface area contributed by atoms with Crippen molar-refractivity contribution in [3.8, 4) is 0 Å². The van der Waals surface area contributed by atoms with Gasteiger partial charge in [0.15, 0.2) is 0 Å². The van der Waals surface area contributed by atoms with E-state index in [4.69, 9.17) is 17.7 Å². The van der Waals surface area contributed by atoms with E-state index in [2.05, 4.69) is 0 Å². The van der Waals surface area contributed by atoms with Crippen molar-refractivity contribution in [2.45, 2.75) is 9.79 Å². The highest BCUT2D eigenvalue weighted by molar-refractivity contribution is 8.00. The zero-order valence-corrected chi connectivity index (χ0v) is 7.82. The molecule has 1 aromatic carbocycles.